The number of aryl methyl sites for hydroxylation is 1. The fraction of sp³-hybridized carbons (Fsp3) is 0.357. The number of ether oxygens (including phenoxy) is 1. The second-order valence-corrected chi connectivity index (χ2v) is 4.67. The van der Waals surface area contributed by atoms with Gasteiger partial charge in [0.15, 0.2) is 0 Å². The molecule has 1 aliphatic heterocycles. The summed E-state index contributed by atoms with van der Waals surface area (Å²) in [6, 6.07) is 10.0. The fourth-order valence-corrected chi connectivity index (χ4v) is 2.07. The summed E-state index contributed by atoms with van der Waals surface area (Å²) in [5, 5.41) is 9.47. The first-order valence-electron chi connectivity index (χ1n) is 5.74. The zero-order valence-electron chi connectivity index (χ0n) is 9.85. The summed E-state index contributed by atoms with van der Waals surface area (Å²) in [4.78, 5) is 11.2. The van der Waals surface area contributed by atoms with Crippen molar-refractivity contribution in [3.63, 3.8) is 0 Å². The van der Waals surface area contributed by atoms with Gasteiger partial charge in [-0.05, 0) is 25.3 Å². The smallest absolute Gasteiger partial charge is 0.334 e. The number of benzene rings is 1. The van der Waals surface area contributed by atoms with Crippen LogP contribution in [0.5, 0.6) is 0 Å². The third kappa shape index (κ3) is 3.09. The van der Waals surface area contributed by atoms with Crippen LogP contribution >= 0.6 is 0 Å². The highest BCUT2D eigenvalue weighted by Crippen LogP contribution is 2.29. The third-order valence-electron chi connectivity index (χ3n) is 2.97. The highest BCUT2D eigenvalue weighted by Gasteiger charge is 2.33. The van der Waals surface area contributed by atoms with E-state index >= 15 is 0 Å². The van der Waals surface area contributed by atoms with Crippen molar-refractivity contribution in [2.24, 2.45) is 0 Å². The van der Waals surface area contributed by atoms with Gasteiger partial charge in [-0.15, -0.1) is 0 Å². The maximum absolute atomic E-state index is 11.2. The molecule has 1 aliphatic rings. The van der Waals surface area contributed by atoms with Gasteiger partial charge in [0.2, 0.25) is 0 Å². The summed E-state index contributed by atoms with van der Waals surface area (Å²) in [7, 11) is 0. The maximum Gasteiger partial charge on any atom is 0.334 e. The topological polar surface area (TPSA) is 46.5 Å². The van der Waals surface area contributed by atoms with Crippen LogP contribution in [0.25, 0.3) is 0 Å². The molecule has 2 rings (SSSR count). The van der Waals surface area contributed by atoms with E-state index in [1.165, 1.54) is 5.56 Å². The Balaban J connectivity index is 1.99. The SMILES string of the molecule is C[C@]1(CCc2ccccc2)CC(O)=CC(=O)O1. The van der Waals surface area contributed by atoms with Crippen molar-refractivity contribution in [3.8, 4) is 0 Å². The van der Waals surface area contributed by atoms with Gasteiger partial charge in [0, 0.05) is 6.42 Å². The molecule has 0 radical (unpaired) electrons. The Kier molecular flexibility index (Phi) is 3.18. The Morgan fingerprint density at radius 1 is 1.35 bits per heavy atom. The minimum absolute atomic E-state index is 0.108. The van der Waals surface area contributed by atoms with E-state index in [4.69, 9.17) is 4.74 Å². The van der Waals surface area contributed by atoms with E-state index in [-0.39, 0.29) is 5.76 Å². The molecule has 0 saturated carbocycles. The number of aliphatic hydroxyl groups is 1. The predicted molar refractivity (Wildman–Crippen MR) is 64.6 cm³/mol. The van der Waals surface area contributed by atoms with E-state index in [1.807, 2.05) is 37.3 Å². The molecule has 3 nitrogen and oxygen atoms in total. The predicted octanol–water partition coefficient (Wildman–Crippen LogP) is 2.77. The Morgan fingerprint density at radius 3 is 2.71 bits per heavy atom. The first-order valence-corrected chi connectivity index (χ1v) is 5.74. The molecule has 0 saturated heterocycles. The Labute approximate surface area is 101 Å². The maximum atomic E-state index is 11.2. The van der Waals surface area contributed by atoms with E-state index in [0.717, 1.165) is 12.5 Å². The lowest BCUT2D eigenvalue weighted by atomic mass is 9.91. The van der Waals surface area contributed by atoms with E-state index < -0.39 is 11.6 Å². The average molecular weight is 232 g/mol. The summed E-state index contributed by atoms with van der Waals surface area (Å²) < 4.78 is 5.29. The molecular formula is C14H16O3. The number of esters is 1. The normalized spacial score (nSPS) is 24.1. The molecule has 1 heterocycles. The Hall–Kier alpha value is -1.77. The number of carbonyl (C=O) groups is 1. The van der Waals surface area contributed by atoms with Crippen molar-refractivity contribution in [2.45, 2.75) is 31.8 Å². The molecule has 0 aromatic heterocycles. The van der Waals surface area contributed by atoms with E-state index in [9.17, 15) is 9.90 Å². The van der Waals surface area contributed by atoms with Crippen LogP contribution in [0.1, 0.15) is 25.3 Å². The zero-order valence-corrected chi connectivity index (χ0v) is 9.85. The van der Waals surface area contributed by atoms with E-state index in [0.29, 0.717) is 12.8 Å². The molecule has 0 amide bonds. The van der Waals surface area contributed by atoms with Gasteiger partial charge in [-0.2, -0.15) is 0 Å². The minimum Gasteiger partial charge on any atom is -0.512 e. The number of cyclic esters (lactones) is 1. The van der Waals surface area contributed by atoms with Crippen LogP contribution in [0.3, 0.4) is 0 Å². The highest BCUT2D eigenvalue weighted by atomic mass is 16.6. The van der Waals surface area contributed by atoms with Crippen molar-refractivity contribution in [1.29, 1.82) is 0 Å². The van der Waals surface area contributed by atoms with Gasteiger partial charge < -0.3 is 9.84 Å². The lowest BCUT2D eigenvalue weighted by Crippen LogP contribution is -2.35. The van der Waals surface area contributed by atoms with Crippen molar-refractivity contribution in [2.75, 3.05) is 0 Å². The van der Waals surface area contributed by atoms with Gasteiger partial charge in [0.1, 0.15) is 11.4 Å². The molecule has 0 aliphatic carbocycles. The summed E-state index contributed by atoms with van der Waals surface area (Å²) in [5.74, 6) is -0.346. The average Bonchev–Trinajstić information content (AvgIpc) is 2.26. The Bertz CT molecular complexity index is 436. The molecule has 17 heavy (non-hydrogen) atoms. The summed E-state index contributed by atoms with van der Waals surface area (Å²) in [6.07, 6.45) is 3.08. The van der Waals surface area contributed by atoms with Gasteiger partial charge >= 0.3 is 5.97 Å². The molecule has 1 N–H and O–H groups in total. The lowest BCUT2D eigenvalue weighted by Gasteiger charge is -2.31. The highest BCUT2D eigenvalue weighted by molar-refractivity contribution is 5.83. The molecule has 0 unspecified atom stereocenters. The zero-order chi connectivity index (χ0) is 12.3. The standard InChI is InChI=1S/C14H16O3/c1-14(10-12(15)9-13(16)17-14)8-7-11-5-3-2-4-6-11/h2-6,9,15H,7-8,10H2,1H3/t14-/m0/s1. The number of hydrogen-bond donors (Lipinski definition) is 1. The first-order chi connectivity index (χ1) is 8.07. The molecule has 1 aromatic carbocycles. The molecule has 1 atom stereocenters. The van der Waals surface area contributed by atoms with Crippen molar-refractivity contribution < 1.29 is 14.6 Å². The van der Waals surface area contributed by atoms with Crippen LogP contribution in [0.4, 0.5) is 0 Å². The van der Waals surface area contributed by atoms with E-state index in [2.05, 4.69) is 0 Å². The van der Waals surface area contributed by atoms with Crippen molar-refractivity contribution in [1.82, 2.24) is 0 Å². The summed E-state index contributed by atoms with van der Waals surface area (Å²) in [5.41, 5.74) is 0.616. The second kappa shape index (κ2) is 4.62. The van der Waals surface area contributed by atoms with Crippen LogP contribution in [0, 0.1) is 0 Å². The molecular weight excluding hydrogens is 216 g/mol. The first kappa shape index (κ1) is 11.7. The quantitative estimate of drug-likeness (QED) is 0.815. The molecule has 0 bridgehead atoms. The Morgan fingerprint density at radius 2 is 2.06 bits per heavy atom. The van der Waals surface area contributed by atoms with Gasteiger partial charge in [-0.1, -0.05) is 30.3 Å². The second-order valence-electron chi connectivity index (χ2n) is 4.67. The number of rotatable bonds is 3. The third-order valence-corrected chi connectivity index (χ3v) is 2.97. The monoisotopic (exact) mass is 232 g/mol. The van der Waals surface area contributed by atoms with Crippen molar-refractivity contribution in [3.05, 3.63) is 47.7 Å². The van der Waals surface area contributed by atoms with Gasteiger partial charge in [0.05, 0.1) is 6.08 Å². The number of carbonyl (C=O) groups excluding carboxylic acids is 1. The van der Waals surface area contributed by atoms with Crippen LogP contribution in [0.15, 0.2) is 42.2 Å². The summed E-state index contributed by atoms with van der Waals surface area (Å²) in [6.45, 7) is 1.86. The fourth-order valence-electron chi connectivity index (χ4n) is 2.07. The molecule has 90 valence electrons. The van der Waals surface area contributed by atoms with E-state index in [1.54, 1.807) is 0 Å². The minimum atomic E-state index is -0.592. The van der Waals surface area contributed by atoms with Crippen LogP contribution in [0.2, 0.25) is 0 Å². The lowest BCUT2D eigenvalue weighted by molar-refractivity contribution is -0.155. The molecule has 1 aromatic rings. The molecule has 0 fully saturated rings. The number of hydrogen-bond acceptors (Lipinski definition) is 3. The largest absolute Gasteiger partial charge is 0.512 e. The number of aliphatic hydroxyl groups excluding tert-OH is 1. The van der Waals surface area contributed by atoms with Crippen LogP contribution in [-0.4, -0.2) is 16.7 Å². The van der Waals surface area contributed by atoms with Gasteiger partial charge in [0.25, 0.3) is 0 Å². The van der Waals surface area contributed by atoms with Gasteiger partial charge in [-0.25, -0.2) is 4.79 Å². The van der Waals surface area contributed by atoms with Crippen LogP contribution < -0.4 is 0 Å². The molecule has 0 spiro atoms. The van der Waals surface area contributed by atoms with Crippen LogP contribution in [-0.2, 0) is 16.0 Å². The van der Waals surface area contributed by atoms with Crippen molar-refractivity contribution >= 4 is 5.97 Å². The molecule has 3 heteroatoms. The van der Waals surface area contributed by atoms with Gasteiger partial charge in [-0.3, -0.25) is 0 Å². The summed E-state index contributed by atoms with van der Waals surface area (Å²) >= 11 is 0.